The van der Waals surface area contributed by atoms with Crippen molar-refractivity contribution < 1.29 is 4.79 Å². The molecule has 0 aliphatic carbocycles. The summed E-state index contributed by atoms with van der Waals surface area (Å²) in [6.45, 7) is 4.73. The van der Waals surface area contributed by atoms with Gasteiger partial charge in [-0.25, -0.2) is 0 Å². The number of aryl methyl sites for hydroxylation is 1. The highest BCUT2D eigenvalue weighted by Gasteiger charge is 2.41. The van der Waals surface area contributed by atoms with E-state index in [9.17, 15) is 4.79 Å². The summed E-state index contributed by atoms with van der Waals surface area (Å²) < 4.78 is 3.29. The lowest BCUT2D eigenvalue weighted by Gasteiger charge is -2.28. The van der Waals surface area contributed by atoms with Crippen LogP contribution in [0.25, 0.3) is 16.5 Å². The first kappa shape index (κ1) is 27.2. The standard InChI is InChI=1S/C33H30BrN5OS/c1-21-19-27(22(2)39(21)25-12-8-11-24(34)20-25)32-31(29-14-5-6-17-35-29)37-33(41)38(32)18-16-30(40)36-28-15-7-10-23-9-3-4-13-26(23)28/h3-15,17,19-20,31-32H,16,18H2,1-2H3,(H,36,40)(H,37,41)/t31-,32+/m0/s1. The number of nitrogens with zero attached hydrogens (tertiary/aromatic N) is 3. The molecule has 206 valence electrons. The van der Waals surface area contributed by atoms with Gasteiger partial charge >= 0.3 is 0 Å². The second-order valence-corrected chi connectivity index (χ2v) is 11.6. The van der Waals surface area contributed by atoms with Crippen LogP contribution < -0.4 is 10.6 Å². The summed E-state index contributed by atoms with van der Waals surface area (Å²) in [5, 5.41) is 9.38. The van der Waals surface area contributed by atoms with Crippen LogP contribution in [0.5, 0.6) is 0 Å². The first-order valence-electron chi connectivity index (χ1n) is 13.6. The summed E-state index contributed by atoms with van der Waals surface area (Å²) in [5.74, 6) is -0.0520. The number of hydrogen-bond acceptors (Lipinski definition) is 3. The van der Waals surface area contributed by atoms with Crippen molar-refractivity contribution in [3.63, 3.8) is 0 Å². The summed E-state index contributed by atoms with van der Waals surface area (Å²) in [4.78, 5) is 20.1. The lowest BCUT2D eigenvalue weighted by atomic mass is 9.96. The zero-order valence-corrected chi connectivity index (χ0v) is 25.2. The van der Waals surface area contributed by atoms with Crippen LogP contribution in [0.1, 0.15) is 41.1 Å². The first-order valence-corrected chi connectivity index (χ1v) is 14.8. The van der Waals surface area contributed by atoms with E-state index >= 15 is 0 Å². The number of amides is 1. The molecule has 3 aromatic carbocycles. The zero-order valence-electron chi connectivity index (χ0n) is 22.8. The van der Waals surface area contributed by atoms with Crippen molar-refractivity contribution in [2.75, 3.05) is 11.9 Å². The van der Waals surface area contributed by atoms with Crippen LogP contribution in [-0.2, 0) is 4.79 Å². The van der Waals surface area contributed by atoms with Gasteiger partial charge in [0.1, 0.15) is 0 Å². The highest BCUT2D eigenvalue weighted by molar-refractivity contribution is 9.10. The molecule has 1 fully saturated rings. The Bertz CT molecular complexity index is 1750. The molecule has 1 saturated heterocycles. The predicted molar refractivity (Wildman–Crippen MR) is 172 cm³/mol. The van der Waals surface area contributed by atoms with Gasteiger partial charge in [0, 0.05) is 51.8 Å². The maximum atomic E-state index is 13.2. The Balaban J connectivity index is 1.31. The molecule has 6 rings (SSSR count). The van der Waals surface area contributed by atoms with Gasteiger partial charge in [-0.15, -0.1) is 0 Å². The van der Waals surface area contributed by atoms with Gasteiger partial charge in [0.15, 0.2) is 5.11 Å². The van der Waals surface area contributed by atoms with Crippen LogP contribution in [0.3, 0.4) is 0 Å². The van der Waals surface area contributed by atoms with Crippen LogP contribution in [0.2, 0.25) is 0 Å². The van der Waals surface area contributed by atoms with Crippen molar-refractivity contribution in [3.05, 3.63) is 124 Å². The van der Waals surface area contributed by atoms with Gasteiger partial charge in [-0.05, 0) is 79.5 Å². The summed E-state index contributed by atoms with van der Waals surface area (Å²) in [6.07, 6.45) is 2.10. The van der Waals surface area contributed by atoms with Crippen molar-refractivity contribution in [1.29, 1.82) is 0 Å². The molecule has 2 aromatic heterocycles. The highest BCUT2D eigenvalue weighted by Crippen LogP contribution is 2.41. The highest BCUT2D eigenvalue weighted by atomic mass is 79.9. The van der Waals surface area contributed by atoms with E-state index in [0.717, 1.165) is 49.3 Å². The van der Waals surface area contributed by atoms with E-state index in [4.69, 9.17) is 12.2 Å². The molecule has 3 heterocycles. The van der Waals surface area contributed by atoms with E-state index in [1.165, 1.54) is 0 Å². The first-order chi connectivity index (χ1) is 19.9. The van der Waals surface area contributed by atoms with Gasteiger partial charge in [0.05, 0.1) is 17.8 Å². The Morgan fingerprint density at radius 1 is 1.00 bits per heavy atom. The number of fused-ring (bicyclic) bond motifs is 1. The van der Waals surface area contributed by atoms with Gasteiger partial charge in [-0.2, -0.15) is 0 Å². The Kier molecular flexibility index (Phi) is 7.60. The molecule has 0 radical (unpaired) electrons. The molecule has 6 nitrogen and oxygen atoms in total. The van der Waals surface area contributed by atoms with Crippen LogP contribution >= 0.6 is 28.1 Å². The number of thiocarbonyl (C=S) groups is 1. The third-order valence-electron chi connectivity index (χ3n) is 7.70. The second-order valence-electron chi connectivity index (χ2n) is 10.3. The molecule has 0 unspecified atom stereocenters. The second kappa shape index (κ2) is 11.5. The van der Waals surface area contributed by atoms with E-state index in [-0.39, 0.29) is 18.0 Å². The molecule has 2 atom stereocenters. The van der Waals surface area contributed by atoms with Crippen molar-refractivity contribution >= 4 is 55.6 Å². The normalized spacial score (nSPS) is 16.7. The molecule has 2 N–H and O–H groups in total. The SMILES string of the molecule is Cc1cc([C@@H]2[C@H](c3ccccn3)NC(=S)N2CCC(=O)Nc2cccc3ccccc23)c(C)n1-c1cccc(Br)c1. The van der Waals surface area contributed by atoms with Crippen LogP contribution in [0.15, 0.2) is 102 Å². The number of pyridine rings is 1. The molecule has 1 aliphatic rings. The smallest absolute Gasteiger partial charge is 0.226 e. The number of rotatable bonds is 7. The maximum Gasteiger partial charge on any atom is 0.226 e. The Morgan fingerprint density at radius 2 is 1.78 bits per heavy atom. The van der Waals surface area contributed by atoms with Crippen molar-refractivity contribution in [2.45, 2.75) is 32.4 Å². The van der Waals surface area contributed by atoms with Crippen molar-refractivity contribution in [1.82, 2.24) is 19.8 Å². The summed E-state index contributed by atoms with van der Waals surface area (Å²) in [7, 11) is 0. The van der Waals surface area contributed by atoms with E-state index in [1.807, 2.05) is 79.0 Å². The zero-order chi connectivity index (χ0) is 28.5. The van der Waals surface area contributed by atoms with Crippen LogP contribution in [0, 0.1) is 13.8 Å². The molecule has 5 aromatic rings. The third-order valence-corrected chi connectivity index (χ3v) is 8.54. The minimum Gasteiger partial charge on any atom is -0.352 e. The van der Waals surface area contributed by atoms with Crippen molar-refractivity contribution in [2.24, 2.45) is 0 Å². The molecule has 0 bridgehead atoms. The van der Waals surface area contributed by atoms with Gasteiger partial charge in [-0.1, -0.05) is 64.5 Å². The van der Waals surface area contributed by atoms with Gasteiger partial charge < -0.3 is 20.1 Å². The number of carbonyl (C=O) groups excluding carboxylic acids is 1. The van der Waals surface area contributed by atoms with Gasteiger partial charge in [-0.3, -0.25) is 9.78 Å². The maximum absolute atomic E-state index is 13.2. The molecular formula is C33H30BrN5OS. The molecule has 8 heteroatoms. The van der Waals surface area contributed by atoms with Crippen molar-refractivity contribution in [3.8, 4) is 5.69 Å². The number of hydrogen-bond donors (Lipinski definition) is 2. The number of anilines is 1. The fraction of sp³-hybridized carbons (Fsp3) is 0.182. The molecule has 1 amide bonds. The number of benzene rings is 3. The summed E-state index contributed by atoms with van der Waals surface area (Å²) in [6, 6.07) is 30.2. The Hall–Kier alpha value is -4.01. The minimum atomic E-state index is -0.152. The molecular weight excluding hydrogens is 594 g/mol. The lowest BCUT2D eigenvalue weighted by molar-refractivity contribution is -0.116. The van der Waals surface area contributed by atoms with E-state index in [0.29, 0.717) is 18.1 Å². The van der Waals surface area contributed by atoms with E-state index in [2.05, 4.69) is 73.1 Å². The quantitative estimate of drug-likeness (QED) is 0.185. The predicted octanol–water partition coefficient (Wildman–Crippen LogP) is 7.41. The Morgan fingerprint density at radius 3 is 2.59 bits per heavy atom. The molecule has 0 saturated carbocycles. The molecule has 1 aliphatic heterocycles. The average molecular weight is 625 g/mol. The number of aromatic nitrogens is 2. The third kappa shape index (κ3) is 5.37. The van der Waals surface area contributed by atoms with E-state index < -0.39 is 0 Å². The number of carbonyl (C=O) groups is 1. The number of nitrogens with one attached hydrogen (secondary N) is 2. The molecule has 41 heavy (non-hydrogen) atoms. The van der Waals surface area contributed by atoms with Gasteiger partial charge in [0.25, 0.3) is 0 Å². The van der Waals surface area contributed by atoms with E-state index in [1.54, 1.807) is 0 Å². The van der Waals surface area contributed by atoms with Gasteiger partial charge in [0.2, 0.25) is 5.91 Å². The minimum absolute atomic E-state index is 0.0520. The lowest BCUT2D eigenvalue weighted by Crippen LogP contribution is -2.33. The Labute approximate surface area is 253 Å². The summed E-state index contributed by atoms with van der Waals surface area (Å²) in [5.41, 5.74) is 6.22. The summed E-state index contributed by atoms with van der Waals surface area (Å²) >= 11 is 9.49. The molecule has 0 spiro atoms. The fourth-order valence-electron chi connectivity index (χ4n) is 5.85. The average Bonchev–Trinajstić information content (AvgIpc) is 3.46. The topological polar surface area (TPSA) is 62.2 Å². The van der Waals surface area contributed by atoms with Crippen LogP contribution in [0.4, 0.5) is 5.69 Å². The number of halogens is 1. The largest absolute Gasteiger partial charge is 0.352 e. The fourth-order valence-corrected chi connectivity index (χ4v) is 6.57. The monoisotopic (exact) mass is 623 g/mol. The van der Waals surface area contributed by atoms with Crippen LogP contribution in [-0.4, -0.2) is 32.0 Å².